The highest BCUT2D eigenvalue weighted by Gasteiger charge is 2.61. The van der Waals surface area contributed by atoms with Crippen LogP contribution in [0.3, 0.4) is 0 Å². The molecule has 2 nitrogen and oxygen atoms in total. The lowest BCUT2D eigenvalue weighted by Crippen LogP contribution is -2.52. The normalized spacial score (nSPS) is 53.7. The van der Waals surface area contributed by atoms with Crippen LogP contribution in [0, 0.1) is 41.4 Å². The minimum absolute atomic E-state index is 0.0850. The van der Waals surface area contributed by atoms with Crippen LogP contribution in [0.2, 0.25) is 0 Å². The van der Waals surface area contributed by atoms with E-state index in [2.05, 4.69) is 18.9 Å². The number of aliphatic hydroxyl groups excluding tert-OH is 1. The van der Waals surface area contributed by atoms with Crippen molar-refractivity contribution >= 4 is 0 Å². The molecule has 0 aliphatic heterocycles. The molecule has 4 rings (SSSR count). The van der Waals surface area contributed by atoms with E-state index in [1.165, 1.54) is 18.4 Å². The van der Waals surface area contributed by atoms with Crippen LogP contribution in [0.4, 0.5) is 0 Å². The van der Waals surface area contributed by atoms with Gasteiger partial charge in [-0.15, -0.1) is 6.42 Å². The molecule has 0 radical (unpaired) electrons. The van der Waals surface area contributed by atoms with E-state index in [0.717, 1.165) is 50.4 Å². The van der Waals surface area contributed by atoms with Gasteiger partial charge in [0.15, 0.2) is 0 Å². The Hall–Kier alpha value is -0.780. The Labute approximate surface area is 134 Å². The Kier molecular flexibility index (Phi) is 3.26. The monoisotopic (exact) mass is 300 g/mol. The van der Waals surface area contributed by atoms with Crippen LogP contribution in [0.15, 0.2) is 11.6 Å². The molecule has 0 spiro atoms. The van der Waals surface area contributed by atoms with Gasteiger partial charge in [-0.25, -0.2) is 0 Å². The Morgan fingerprint density at radius 2 is 1.95 bits per heavy atom. The summed E-state index contributed by atoms with van der Waals surface area (Å²) in [4.78, 5) is 0. The van der Waals surface area contributed by atoms with Gasteiger partial charge in [-0.05, 0) is 75.0 Å². The second-order valence-corrected chi connectivity index (χ2v) is 8.47. The first-order valence-corrected chi connectivity index (χ1v) is 9.07. The first kappa shape index (κ1) is 14.8. The summed E-state index contributed by atoms with van der Waals surface area (Å²) in [5.74, 6) is 5.50. The third kappa shape index (κ3) is 1.82. The average Bonchev–Trinajstić information content (AvgIpc) is 2.79. The predicted molar refractivity (Wildman–Crippen MR) is 86.9 cm³/mol. The van der Waals surface area contributed by atoms with E-state index in [0.29, 0.717) is 11.8 Å². The van der Waals surface area contributed by atoms with Crippen LogP contribution >= 0.6 is 0 Å². The van der Waals surface area contributed by atoms with Gasteiger partial charge in [-0.1, -0.05) is 24.5 Å². The standard InChI is InChI=1S/C20H28O2/c1-3-20(22)11-9-18-17-6-4-13-12-14(21)5-7-15(13)16(17)8-10-19(18,20)2/h1,12,14-18,21-22H,4-11H2,2H3/t14-,15+,16+,17-,18-,19+,20+/m1/s1. The first-order chi connectivity index (χ1) is 10.5. The second-order valence-electron chi connectivity index (χ2n) is 8.47. The van der Waals surface area contributed by atoms with Crippen molar-refractivity contribution in [2.45, 2.75) is 70.0 Å². The number of rotatable bonds is 0. The maximum absolute atomic E-state index is 10.9. The minimum atomic E-state index is -0.887. The van der Waals surface area contributed by atoms with Crippen molar-refractivity contribution in [1.82, 2.24) is 0 Å². The first-order valence-electron chi connectivity index (χ1n) is 9.07. The zero-order valence-corrected chi connectivity index (χ0v) is 13.6. The van der Waals surface area contributed by atoms with Crippen LogP contribution in [-0.4, -0.2) is 21.9 Å². The molecule has 0 aromatic rings. The molecule has 0 amide bonds. The lowest BCUT2D eigenvalue weighted by Gasteiger charge is -2.55. The zero-order chi connectivity index (χ0) is 15.5. The maximum Gasteiger partial charge on any atom is 0.130 e. The van der Waals surface area contributed by atoms with Crippen molar-refractivity contribution in [2.24, 2.45) is 29.1 Å². The fourth-order valence-electron chi connectivity index (χ4n) is 6.57. The van der Waals surface area contributed by atoms with Gasteiger partial charge in [-0.3, -0.25) is 0 Å². The summed E-state index contributed by atoms with van der Waals surface area (Å²) in [5, 5.41) is 20.8. The summed E-state index contributed by atoms with van der Waals surface area (Å²) in [6, 6.07) is 0. The summed E-state index contributed by atoms with van der Waals surface area (Å²) < 4.78 is 0. The minimum Gasteiger partial charge on any atom is -0.389 e. The van der Waals surface area contributed by atoms with Gasteiger partial charge >= 0.3 is 0 Å². The number of terminal acetylenes is 1. The average molecular weight is 300 g/mol. The third-order valence-corrected chi connectivity index (χ3v) is 7.82. The second kappa shape index (κ2) is 4.86. The summed E-state index contributed by atoms with van der Waals surface area (Å²) in [6.07, 6.45) is 16.2. The van der Waals surface area contributed by atoms with Crippen LogP contribution in [0.1, 0.15) is 58.3 Å². The van der Waals surface area contributed by atoms with Crippen LogP contribution < -0.4 is 0 Å². The number of allylic oxidation sites excluding steroid dienone is 1. The molecule has 0 aromatic carbocycles. The fraction of sp³-hybridized carbons (Fsp3) is 0.800. The molecule has 2 N–H and O–H groups in total. The summed E-state index contributed by atoms with van der Waals surface area (Å²) in [5.41, 5.74) is 0.550. The maximum atomic E-state index is 10.9. The van der Waals surface area contributed by atoms with Gasteiger partial charge < -0.3 is 10.2 Å². The van der Waals surface area contributed by atoms with Crippen LogP contribution in [0.5, 0.6) is 0 Å². The molecule has 4 aliphatic rings. The van der Waals surface area contributed by atoms with Crippen molar-refractivity contribution in [3.63, 3.8) is 0 Å². The summed E-state index contributed by atoms with van der Waals surface area (Å²) in [6.45, 7) is 2.25. The molecule has 0 heterocycles. The molecule has 3 fully saturated rings. The molecule has 0 bridgehead atoms. The molecule has 7 atom stereocenters. The molecular weight excluding hydrogens is 272 g/mol. The largest absolute Gasteiger partial charge is 0.389 e. The van der Waals surface area contributed by atoms with E-state index in [4.69, 9.17) is 6.42 Å². The van der Waals surface area contributed by atoms with E-state index in [-0.39, 0.29) is 11.5 Å². The molecule has 0 saturated heterocycles. The highest BCUT2D eigenvalue weighted by Crippen LogP contribution is 2.64. The number of fused-ring (bicyclic) bond motifs is 5. The van der Waals surface area contributed by atoms with E-state index < -0.39 is 5.60 Å². The van der Waals surface area contributed by atoms with Gasteiger partial charge in [0.1, 0.15) is 5.60 Å². The topological polar surface area (TPSA) is 40.5 Å². The Balaban J connectivity index is 1.64. The molecule has 0 aromatic heterocycles. The number of hydrogen-bond donors (Lipinski definition) is 2. The quantitative estimate of drug-likeness (QED) is 0.532. The predicted octanol–water partition coefficient (Wildman–Crippen LogP) is 3.28. The van der Waals surface area contributed by atoms with Crippen molar-refractivity contribution < 1.29 is 10.2 Å². The highest BCUT2D eigenvalue weighted by molar-refractivity contribution is 5.25. The lowest BCUT2D eigenvalue weighted by atomic mass is 9.50. The smallest absolute Gasteiger partial charge is 0.130 e. The van der Waals surface area contributed by atoms with Crippen LogP contribution in [0.25, 0.3) is 0 Å². The Morgan fingerprint density at radius 1 is 1.14 bits per heavy atom. The van der Waals surface area contributed by atoms with Gasteiger partial charge in [0.2, 0.25) is 0 Å². The number of aliphatic hydroxyl groups is 2. The van der Waals surface area contributed by atoms with Crippen molar-refractivity contribution in [1.29, 1.82) is 0 Å². The molecule has 22 heavy (non-hydrogen) atoms. The highest BCUT2D eigenvalue weighted by atomic mass is 16.3. The third-order valence-electron chi connectivity index (χ3n) is 7.82. The SMILES string of the molecule is C#C[C@]1(O)CC[C@@H]2[C@@H]3CCC4=C[C@H](O)CC[C@@H]4[C@@H]3CC[C@@]21C. The van der Waals surface area contributed by atoms with E-state index in [1.807, 2.05) is 0 Å². The van der Waals surface area contributed by atoms with Gasteiger partial charge in [0.05, 0.1) is 6.10 Å². The number of hydrogen-bond acceptors (Lipinski definition) is 2. The van der Waals surface area contributed by atoms with Gasteiger partial charge in [0, 0.05) is 5.41 Å². The lowest BCUT2D eigenvalue weighted by molar-refractivity contribution is -0.0865. The van der Waals surface area contributed by atoms with Gasteiger partial charge in [-0.2, -0.15) is 0 Å². The van der Waals surface area contributed by atoms with E-state index in [9.17, 15) is 10.2 Å². The molecular formula is C20H28O2. The van der Waals surface area contributed by atoms with Gasteiger partial charge in [0.25, 0.3) is 0 Å². The summed E-state index contributed by atoms with van der Waals surface area (Å²) >= 11 is 0. The Bertz CT molecular complexity index is 544. The van der Waals surface area contributed by atoms with Crippen molar-refractivity contribution in [3.8, 4) is 12.3 Å². The van der Waals surface area contributed by atoms with Crippen molar-refractivity contribution in [3.05, 3.63) is 11.6 Å². The van der Waals surface area contributed by atoms with E-state index >= 15 is 0 Å². The molecule has 120 valence electrons. The molecule has 2 heteroatoms. The summed E-state index contributed by atoms with van der Waals surface area (Å²) in [7, 11) is 0. The molecule has 3 saturated carbocycles. The molecule has 4 aliphatic carbocycles. The zero-order valence-electron chi connectivity index (χ0n) is 13.6. The van der Waals surface area contributed by atoms with Crippen molar-refractivity contribution in [2.75, 3.05) is 0 Å². The molecule has 0 unspecified atom stereocenters. The Morgan fingerprint density at radius 3 is 2.73 bits per heavy atom. The fourth-order valence-corrected chi connectivity index (χ4v) is 6.57. The van der Waals surface area contributed by atoms with E-state index in [1.54, 1.807) is 0 Å². The van der Waals surface area contributed by atoms with Crippen LogP contribution in [-0.2, 0) is 0 Å².